The van der Waals surface area contributed by atoms with E-state index in [2.05, 4.69) is 36.1 Å². The Kier molecular flexibility index (Phi) is 5.07. The van der Waals surface area contributed by atoms with E-state index in [0.717, 1.165) is 11.3 Å². The Balaban J connectivity index is 2.43. The number of nitrogens with zero attached hydrogens (tertiary/aromatic N) is 1. The van der Waals surface area contributed by atoms with Crippen LogP contribution in [0.2, 0.25) is 24.7 Å². The number of halogens is 1. The highest BCUT2D eigenvalue weighted by molar-refractivity contribution is 6.83. The molecule has 0 bridgehead atoms. The summed E-state index contributed by atoms with van der Waals surface area (Å²) in [5.41, 5.74) is 3.58. The summed E-state index contributed by atoms with van der Waals surface area (Å²) < 4.78 is 0. The molecule has 1 aromatic heterocycles. The lowest BCUT2D eigenvalue weighted by Gasteiger charge is -2.23. The highest BCUT2D eigenvalue weighted by Crippen LogP contribution is 2.26. The molecule has 114 valence electrons. The second kappa shape index (κ2) is 6.66. The molecule has 0 saturated heterocycles. The van der Waals surface area contributed by atoms with Crippen LogP contribution < -0.4 is 0 Å². The van der Waals surface area contributed by atoms with Crippen LogP contribution in [-0.4, -0.2) is 18.2 Å². The molecule has 1 N–H and O–H groups in total. The van der Waals surface area contributed by atoms with Gasteiger partial charge in [0.15, 0.2) is 5.60 Å². The Morgan fingerprint density at radius 3 is 2.36 bits per heavy atom. The van der Waals surface area contributed by atoms with Crippen molar-refractivity contribution in [3.05, 3.63) is 64.9 Å². The normalized spacial score (nSPS) is 13.9. The minimum absolute atomic E-state index is 0.354. The zero-order valence-electron chi connectivity index (χ0n) is 13.1. The zero-order valence-corrected chi connectivity index (χ0v) is 14.9. The molecular weight excluding hydrogens is 310 g/mol. The van der Waals surface area contributed by atoms with Crippen LogP contribution in [0.25, 0.3) is 0 Å². The van der Waals surface area contributed by atoms with Gasteiger partial charge in [-0.3, -0.25) is 4.98 Å². The van der Waals surface area contributed by atoms with Gasteiger partial charge in [0.1, 0.15) is 8.07 Å². The van der Waals surface area contributed by atoms with Crippen LogP contribution in [0.5, 0.6) is 0 Å². The number of pyridine rings is 1. The summed E-state index contributed by atoms with van der Waals surface area (Å²) in [7, 11) is -1.60. The summed E-state index contributed by atoms with van der Waals surface area (Å²) in [5, 5.41) is 11.8. The van der Waals surface area contributed by atoms with Gasteiger partial charge in [0.25, 0.3) is 0 Å². The van der Waals surface area contributed by atoms with Crippen molar-refractivity contribution < 1.29 is 5.11 Å². The van der Waals surface area contributed by atoms with E-state index in [1.54, 1.807) is 18.3 Å². The second-order valence-electron chi connectivity index (χ2n) is 6.37. The van der Waals surface area contributed by atoms with Crippen LogP contribution in [0, 0.1) is 11.5 Å². The molecular formula is C18H20ClNOSi. The molecule has 0 aliphatic rings. The minimum Gasteiger partial charge on any atom is -0.373 e. The molecule has 1 atom stereocenters. The third-order valence-corrected chi connectivity index (χ3v) is 4.26. The van der Waals surface area contributed by atoms with Crippen molar-refractivity contribution in [2.45, 2.75) is 31.7 Å². The van der Waals surface area contributed by atoms with Crippen LogP contribution in [0.15, 0.2) is 48.7 Å². The Morgan fingerprint density at radius 1 is 1.14 bits per heavy atom. The first-order valence-electron chi connectivity index (χ1n) is 7.21. The molecule has 2 aromatic rings. The molecule has 0 fully saturated rings. The Labute approximate surface area is 138 Å². The van der Waals surface area contributed by atoms with Gasteiger partial charge in [-0.15, -0.1) is 5.54 Å². The Morgan fingerprint density at radius 2 is 1.82 bits per heavy atom. The van der Waals surface area contributed by atoms with Gasteiger partial charge in [-0.1, -0.05) is 55.4 Å². The minimum atomic E-state index is -1.60. The van der Waals surface area contributed by atoms with Crippen molar-refractivity contribution >= 4 is 19.7 Å². The van der Waals surface area contributed by atoms with Crippen molar-refractivity contribution in [2.75, 3.05) is 0 Å². The number of aliphatic hydroxyl groups is 1. The fraction of sp³-hybridized carbons (Fsp3) is 0.278. The van der Waals surface area contributed by atoms with Crippen LogP contribution >= 0.6 is 11.6 Å². The van der Waals surface area contributed by atoms with Crippen LogP contribution in [-0.2, 0) is 12.0 Å². The van der Waals surface area contributed by atoms with E-state index >= 15 is 0 Å². The first-order valence-corrected chi connectivity index (χ1v) is 11.1. The molecule has 0 amide bonds. The molecule has 0 unspecified atom stereocenters. The van der Waals surface area contributed by atoms with Crippen molar-refractivity contribution in [2.24, 2.45) is 0 Å². The van der Waals surface area contributed by atoms with Gasteiger partial charge >= 0.3 is 0 Å². The third kappa shape index (κ3) is 4.71. The molecule has 0 radical (unpaired) electrons. The molecule has 4 heteroatoms. The van der Waals surface area contributed by atoms with E-state index in [1.165, 1.54) is 0 Å². The third-order valence-electron chi connectivity index (χ3n) is 3.13. The first-order chi connectivity index (χ1) is 10.3. The predicted molar refractivity (Wildman–Crippen MR) is 94.4 cm³/mol. The molecule has 0 saturated carbocycles. The maximum absolute atomic E-state index is 11.2. The molecule has 2 rings (SSSR count). The summed E-state index contributed by atoms with van der Waals surface area (Å²) >= 11 is 5.95. The molecule has 0 aliphatic carbocycles. The van der Waals surface area contributed by atoms with E-state index in [1.807, 2.05) is 30.3 Å². The lowest BCUT2D eigenvalue weighted by Crippen LogP contribution is -2.29. The van der Waals surface area contributed by atoms with Gasteiger partial charge in [0, 0.05) is 23.3 Å². The monoisotopic (exact) mass is 329 g/mol. The van der Waals surface area contributed by atoms with E-state index in [9.17, 15) is 5.11 Å². The Bertz CT molecular complexity index is 683. The van der Waals surface area contributed by atoms with Crippen LogP contribution in [0.3, 0.4) is 0 Å². The number of rotatable bonds is 3. The number of benzene rings is 1. The zero-order chi connectivity index (χ0) is 16.2. The maximum Gasteiger partial charge on any atom is 0.155 e. The Hall–Kier alpha value is -1.60. The summed E-state index contributed by atoms with van der Waals surface area (Å²) in [5.74, 6) is 3.10. The van der Waals surface area contributed by atoms with E-state index < -0.39 is 13.7 Å². The fourth-order valence-electron chi connectivity index (χ4n) is 2.00. The van der Waals surface area contributed by atoms with Crippen molar-refractivity contribution in [3.8, 4) is 11.5 Å². The fourth-order valence-corrected chi connectivity index (χ4v) is 2.71. The smallest absolute Gasteiger partial charge is 0.155 e. The highest BCUT2D eigenvalue weighted by atomic mass is 35.5. The lowest BCUT2D eigenvalue weighted by molar-refractivity contribution is 0.0996. The van der Waals surface area contributed by atoms with Gasteiger partial charge < -0.3 is 5.11 Å². The van der Waals surface area contributed by atoms with Gasteiger partial charge in [0.2, 0.25) is 0 Å². The van der Waals surface area contributed by atoms with Crippen molar-refractivity contribution in [1.82, 2.24) is 4.98 Å². The van der Waals surface area contributed by atoms with Crippen LogP contribution in [0.1, 0.15) is 11.3 Å². The molecule has 1 heterocycles. The molecule has 0 spiro atoms. The maximum atomic E-state index is 11.2. The predicted octanol–water partition coefficient (Wildman–Crippen LogP) is 4.05. The number of hydrogen-bond acceptors (Lipinski definition) is 2. The van der Waals surface area contributed by atoms with E-state index in [0.29, 0.717) is 11.4 Å². The standard InChI is InChI=1S/C18H20ClNOSi/c1-22(2,3)13-11-18(21,14-17-6-4-5-12-20-17)15-7-9-16(19)10-8-15/h4-10,12,21H,14H2,1-3H3/t18-/m0/s1. The number of aromatic nitrogens is 1. The molecule has 0 aliphatic heterocycles. The lowest BCUT2D eigenvalue weighted by atomic mass is 9.90. The van der Waals surface area contributed by atoms with Gasteiger partial charge in [-0.2, -0.15) is 0 Å². The highest BCUT2D eigenvalue weighted by Gasteiger charge is 2.28. The number of hydrogen-bond donors (Lipinski definition) is 1. The first kappa shape index (κ1) is 16.8. The van der Waals surface area contributed by atoms with E-state index in [4.69, 9.17) is 11.6 Å². The average molecular weight is 330 g/mol. The van der Waals surface area contributed by atoms with Crippen molar-refractivity contribution in [3.63, 3.8) is 0 Å². The summed E-state index contributed by atoms with van der Waals surface area (Å²) in [6.07, 6.45) is 2.08. The average Bonchev–Trinajstić information content (AvgIpc) is 2.46. The second-order valence-corrected chi connectivity index (χ2v) is 11.6. The topological polar surface area (TPSA) is 33.1 Å². The summed E-state index contributed by atoms with van der Waals surface area (Å²) in [6, 6.07) is 12.9. The van der Waals surface area contributed by atoms with E-state index in [-0.39, 0.29) is 0 Å². The largest absolute Gasteiger partial charge is 0.373 e. The molecule has 2 nitrogen and oxygen atoms in total. The molecule has 1 aromatic carbocycles. The summed E-state index contributed by atoms with van der Waals surface area (Å²) in [4.78, 5) is 4.31. The quantitative estimate of drug-likeness (QED) is 0.681. The van der Waals surface area contributed by atoms with Gasteiger partial charge in [-0.25, -0.2) is 0 Å². The summed E-state index contributed by atoms with van der Waals surface area (Å²) in [6.45, 7) is 6.47. The van der Waals surface area contributed by atoms with Gasteiger partial charge in [-0.05, 0) is 29.8 Å². The SMILES string of the molecule is C[Si](C)(C)C#C[C@](O)(Cc1ccccn1)c1ccc(Cl)cc1. The van der Waals surface area contributed by atoms with Crippen molar-refractivity contribution in [1.29, 1.82) is 0 Å². The van der Waals surface area contributed by atoms with Crippen LogP contribution in [0.4, 0.5) is 0 Å². The molecule has 22 heavy (non-hydrogen) atoms. The van der Waals surface area contributed by atoms with Gasteiger partial charge in [0.05, 0.1) is 0 Å².